The molecule has 8 heteroatoms. The fourth-order valence-corrected chi connectivity index (χ4v) is 4.16. The number of ether oxygens (including phenoxy) is 1. The van der Waals surface area contributed by atoms with E-state index in [1.165, 1.54) is 6.07 Å². The molecule has 0 unspecified atom stereocenters. The van der Waals surface area contributed by atoms with Crippen LogP contribution in [0.1, 0.15) is 25.8 Å². The maximum Gasteiger partial charge on any atom is 0.332 e. The van der Waals surface area contributed by atoms with Crippen molar-refractivity contribution >= 4 is 45.8 Å². The lowest BCUT2D eigenvalue weighted by Crippen LogP contribution is -2.44. The normalized spacial score (nSPS) is 15.2. The van der Waals surface area contributed by atoms with Crippen LogP contribution in [-0.2, 0) is 4.79 Å². The molecular weight excluding hydrogens is 440 g/mol. The minimum absolute atomic E-state index is 0.248. The van der Waals surface area contributed by atoms with Crippen LogP contribution in [0, 0.1) is 13.5 Å². The highest BCUT2D eigenvalue weighted by Crippen LogP contribution is 2.39. The van der Waals surface area contributed by atoms with Gasteiger partial charge in [-0.2, -0.15) is 0 Å². The van der Waals surface area contributed by atoms with Crippen LogP contribution in [0.3, 0.4) is 0 Å². The number of rotatable bonds is 6. The summed E-state index contributed by atoms with van der Waals surface area (Å²) in [6.07, 6.45) is 2.28. The second kappa shape index (κ2) is 8.72. The maximum atomic E-state index is 13.2. The molecule has 2 heterocycles. The first kappa shape index (κ1) is 22.6. The van der Waals surface area contributed by atoms with Gasteiger partial charge in [-0.3, -0.25) is 9.78 Å². The molecule has 168 valence electrons. The van der Waals surface area contributed by atoms with E-state index in [0.717, 1.165) is 15.8 Å². The van der Waals surface area contributed by atoms with Crippen molar-refractivity contribution in [2.45, 2.75) is 32.7 Å². The van der Waals surface area contributed by atoms with Crippen molar-refractivity contribution in [1.29, 1.82) is 0 Å². The van der Waals surface area contributed by atoms with Crippen LogP contribution in [0.5, 0.6) is 5.75 Å². The van der Waals surface area contributed by atoms with Gasteiger partial charge in [-0.15, -0.1) is 0 Å². The first-order valence-corrected chi connectivity index (χ1v) is 10.9. The molecule has 2 aromatic carbocycles. The summed E-state index contributed by atoms with van der Waals surface area (Å²) in [5.41, 5.74) is 1.05. The van der Waals surface area contributed by atoms with E-state index in [1.54, 1.807) is 37.9 Å². The molecule has 0 bridgehead atoms. The predicted octanol–water partition coefficient (Wildman–Crippen LogP) is 5.76. The van der Waals surface area contributed by atoms with Gasteiger partial charge in [-0.05, 0) is 57.0 Å². The zero-order valence-electron chi connectivity index (χ0n) is 18.6. The molecule has 0 radical (unpaired) electrons. The summed E-state index contributed by atoms with van der Waals surface area (Å²) < 4.78 is 5.85. The molecule has 3 amide bonds. The van der Waals surface area contributed by atoms with Crippen LogP contribution in [0.4, 0.5) is 16.2 Å². The number of aromatic nitrogens is 1. The summed E-state index contributed by atoms with van der Waals surface area (Å²) in [6, 6.07) is 12.3. The molecule has 1 saturated heterocycles. The number of pyridine rings is 1. The van der Waals surface area contributed by atoms with Crippen LogP contribution in [0.15, 0.2) is 48.7 Å². The first-order chi connectivity index (χ1) is 15.8. The van der Waals surface area contributed by atoms with Crippen LogP contribution in [0.2, 0.25) is 5.02 Å². The number of anilines is 1. The molecule has 3 aromatic rings. The third-order valence-electron chi connectivity index (χ3n) is 5.89. The second-order valence-corrected chi connectivity index (χ2v) is 8.73. The van der Waals surface area contributed by atoms with E-state index < -0.39 is 11.6 Å². The zero-order chi connectivity index (χ0) is 23.8. The fraction of sp³-hybridized carbons (Fsp3) is 0.280. The van der Waals surface area contributed by atoms with Gasteiger partial charge >= 0.3 is 6.03 Å². The predicted molar refractivity (Wildman–Crippen MR) is 128 cm³/mol. The Labute approximate surface area is 197 Å². The summed E-state index contributed by atoms with van der Waals surface area (Å²) in [6.45, 7) is 13.1. The number of hydrogen-bond donors (Lipinski definition) is 0. The molecule has 33 heavy (non-hydrogen) atoms. The summed E-state index contributed by atoms with van der Waals surface area (Å²) in [5, 5.41) is 1.28. The zero-order valence-corrected chi connectivity index (χ0v) is 19.4. The van der Waals surface area contributed by atoms with Gasteiger partial charge in [0.1, 0.15) is 11.3 Å². The van der Waals surface area contributed by atoms with Crippen molar-refractivity contribution in [1.82, 2.24) is 9.88 Å². The Morgan fingerprint density at radius 1 is 1.18 bits per heavy atom. The number of carbonyl (C=O) groups excluding carboxylic acids is 2. The number of halogens is 1. The second-order valence-electron chi connectivity index (χ2n) is 8.35. The van der Waals surface area contributed by atoms with Crippen LogP contribution in [0.25, 0.3) is 15.7 Å². The van der Waals surface area contributed by atoms with Crippen molar-refractivity contribution in [3.05, 3.63) is 70.7 Å². The van der Waals surface area contributed by atoms with Crippen LogP contribution < -0.4 is 9.64 Å². The SMILES string of the molecule is [C-]#[N+]c1ccc(N2C(=O)N(CCCOc3ccc4cccnc4c3)C(C)(C)C2=O)c(C)c1Cl. The van der Waals surface area contributed by atoms with E-state index in [-0.39, 0.29) is 16.6 Å². The minimum Gasteiger partial charge on any atom is -0.493 e. The molecule has 0 atom stereocenters. The summed E-state index contributed by atoms with van der Waals surface area (Å²) in [5.74, 6) is 0.375. The molecule has 0 spiro atoms. The fourth-order valence-electron chi connectivity index (χ4n) is 3.96. The number of benzene rings is 2. The summed E-state index contributed by atoms with van der Waals surface area (Å²) in [7, 11) is 0. The van der Waals surface area contributed by atoms with E-state index in [4.69, 9.17) is 22.9 Å². The number of hydrogen-bond acceptors (Lipinski definition) is 4. The van der Waals surface area contributed by atoms with E-state index >= 15 is 0 Å². The van der Waals surface area contributed by atoms with E-state index in [0.29, 0.717) is 36.6 Å². The average Bonchev–Trinajstić information content (AvgIpc) is 2.97. The molecular formula is C25H23ClN4O3. The smallest absolute Gasteiger partial charge is 0.332 e. The summed E-state index contributed by atoms with van der Waals surface area (Å²) >= 11 is 6.28. The van der Waals surface area contributed by atoms with Gasteiger partial charge in [-0.25, -0.2) is 14.5 Å². The molecule has 1 fully saturated rings. The molecule has 0 aliphatic carbocycles. The van der Waals surface area contributed by atoms with Crippen molar-refractivity contribution in [2.24, 2.45) is 0 Å². The maximum absolute atomic E-state index is 13.2. The number of nitrogens with zero attached hydrogens (tertiary/aromatic N) is 4. The van der Waals surface area contributed by atoms with Gasteiger partial charge in [0.25, 0.3) is 5.91 Å². The molecule has 0 saturated carbocycles. The molecule has 1 aromatic heterocycles. The topological polar surface area (TPSA) is 67.1 Å². The Balaban J connectivity index is 1.46. The Hall–Kier alpha value is -3.63. The Kier molecular flexibility index (Phi) is 5.96. The average molecular weight is 463 g/mol. The highest BCUT2D eigenvalue weighted by atomic mass is 35.5. The van der Waals surface area contributed by atoms with Gasteiger partial charge in [0.2, 0.25) is 5.69 Å². The lowest BCUT2D eigenvalue weighted by molar-refractivity contribution is -0.123. The minimum atomic E-state index is -1.01. The number of imide groups is 1. The Morgan fingerprint density at radius 3 is 2.73 bits per heavy atom. The molecule has 1 aliphatic rings. The molecule has 7 nitrogen and oxygen atoms in total. The lowest BCUT2D eigenvalue weighted by Gasteiger charge is -2.27. The standard InChI is InChI=1S/C25H23ClN4O3/c1-16-21(11-10-19(27-4)22(16)26)30-23(31)25(2,3)29(24(30)32)13-6-14-33-18-9-8-17-7-5-12-28-20(17)15-18/h5,7-12,15H,6,13-14H2,1-3H3. The Bertz CT molecular complexity index is 1300. The molecule has 1 aliphatic heterocycles. The molecule has 0 N–H and O–H groups in total. The van der Waals surface area contributed by atoms with E-state index in [2.05, 4.69) is 9.83 Å². The quantitative estimate of drug-likeness (QED) is 0.265. The lowest BCUT2D eigenvalue weighted by atomic mass is 10.0. The number of carbonyl (C=O) groups is 2. The third kappa shape index (κ3) is 3.98. The number of urea groups is 1. The highest BCUT2D eigenvalue weighted by molar-refractivity contribution is 6.35. The number of fused-ring (bicyclic) bond motifs is 1. The van der Waals surface area contributed by atoms with Gasteiger partial charge in [0, 0.05) is 24.2 Å². The van der Waals surface area contributed by atoms with Crippen LogP contribution >= 0.6 is 11.6 Å². The van der Waals surface area contributed by atoms with Gasteiger partial charge in [0.05, 0.1) is 29.4 Å². The van der Waals surface area contributed by atoms with Gasteiger partial charge in [0.15, 0.2) is 0 Å². The third-order valence-corrected chi connectivity index (χ3v) is 6.37. The van der Waals surface area contributed by atoms with Crippen molar-refractivity contribution in [3.8, 4) is 5.75 Å². The van der Waals surface area contributed by atoms with Gasteiger partial charge < -0.3 is 9.64 Å². The van der Waals surface area contributed by atoms with Crippen molar-refractivity contribution < 1.29 is 14.3 Å². The van der Waals surface area contributed by atoms with Crippen LogP contribution in [-0.4, -0.2) is 40.5 Å². The van der Waals surface area contributed by atoms with E-state index in [9.17, 15) is 9.59 Å². The van der Waals surface area contributed by atoms with Crippen molar-refractivity contribution in [2.75, 3.05) is 18.1 Å². The summed E-state index contributed by atoms with van der Waals surface area (Å²) in [4.78, 5) is 36.8. The number of amides is 3. The van der Waals surface area contributed by atoms with Gasteiger partial charge in [-0.1, -0.05) is 23.7 Å². The first-order valence-electron chi connectivity index (χ1n) is 10.6. The molecule has 4 rings (SSSR count). The van der Waals surface area contributed by atoms with Crippen molar-refractivity contribution in [3.63, 3.8) is 0 Å². The highest BCUT2D eigenvalue weighted by Gasteiger charge is 2.51. The van der Waals surface area contributed by atoms with E-state index in [1.807, 2.05) is 30.3 Å². The largest absolute Gasteiger partial charge is 0.493 e. The monoisotopic (exact) mass is 462 g/mol. The Morgan fingerprint density at radius 2 is 1.97 bits per heavy atom.